The second-order valence-electron chi connectivity index (χ2n) is 2.67. The topological polar surface area (TPSA) is 29.1 Å². The van der Waals surface area contributed by atoms with Crippen molar-refractivity contribution in [2.24, 2.45) is 5.92 Å². The molecule has 0 aliphatic heterocycles. The van der Waals surface area contributed by atoms with Crippen molar-refractivity contribution in [1.82, 2.24) is 5.32 Å². The number of carbonyl (C=O) groups is 1. The first-order valence-electron chi connectivity index (χ1n) is 3.37. The minimum Gasteiger partial charge on any atom is -0.356 e. The lowest BCUT2D eigenvalue weighted by molar-refractivity contribution is -0.118. The van der Waals surface area contributed by atoms with E-state index in [1.54, 1.807) is 6.92 Å². The van der Waals surface area contributed by atoms with E-state index in [2.05, 4.69) is 19.2 Å². The third kappa shape index (κ3) is 7.47. The van der Waals surface area contributed by atoms with E-state index >= 15 is 0 Å². The Morgan fingerprint density at radius 1 is 1.67 bits per heavy atom. The molecule has 0 atom stereocenters. The van der Waals surface area contributed by atoms with Crippen LogP contribution in [0.1, 0.15) is 28.6 Å². The number of rotatable bonds is 3. The molecule has 2 nitrogen and oxygen atoms in total. The molecule has 0 saturated carbocycles. The summed E-state index contributed by atoms with van der Waals surface area (Å²) in [5, 5.41) is 2.74. The maximum Gasteiger partial charge on any atom is 0.216 e. The molecule has 0 radical (unpaired) electrons. The van der Waals surface area contributed by atoms with Crippen LogP contribution in [0.25, 0.3) is 0 Å². The fraction of sp³-hybridized carbons (Fsp3) is 0.857. The molecule has 1 N–H and O–H groups in total. The lowest BCUT2D eigenvalue weighted by atomic mass is 10.1. The molecule has 0 aliphatic rings. The summed E-state index contributed by atoms with van der Waals surface area (Å²) >= 11 is 0. The SMILES string of the molecule is CC(=O)NCCC(C)C.[HH]. The van der Waals surface area contributed by atoms with E-state index in [9.17, 15) is 4.79 Å². The Hall–Kier alpha value is -0.530. The molecule has 0 unspecified atom stereocenters. The Bertz CT molecular complexity index is 93.6. The third-order valence-corrected chi connectivity index (χ3v) is 1.10. The smallest absolute Gasteiger partial charge is 0.216 e. The molecule has 0 aromatic heterocycles. The van der Waals surface area contributed by atoms with Gasteiger partial charge in [-0.1, -0.05) is 13.8 Å². The van der Waals surface area contributed by atoms with Gasteiger partial charge in [-0.05, 0) is 12.3 Å². The molecule has 1 amide bonds. The van der Waals surface area contributed by atoms with Crippen molar-refractivity contribution >= 4 is 5.91 Å². The largest absolute Gasteiger partial charge is 0.356 e. The lowest BCUT2D eigenvalue weighted by Gasteiger charge is -2.03. The van der Waals surface area contributed by atoms with E-state index in [0.717, 1.165) is 13.0 Å². The van der Waals surface area contributed by atoms with Crippen molar-refractivity contribution in [3.8, 4) is 0 Å². The second-order valence-corrected chi connectivity index (χ2v) is 2.67. The van der Waals surface area contributed by atoms with Gasteiger partial charge in [-0.15, -0.1) is 0 Å². The summed E-state index contributed by atoms with van der Waals surface area (Å²) in [4.78, 5) is 10.3. The normalized spacial score (nSPS) is 9.78. The standard InChI is InChI=1S/C7H15NO.H2/c1-6(2)4-5-8-7(3)9;/h6H,4-5H2,1-3H3,(H,8,9);1H. The molecule has 0 aromatic rings. The summed E-state index contributed by atoms with van der Waals surface area (Å²) in [6.07, 6.45) is 1.07. The van der Waals surface area contributed by atoms with Crippen molar-refractivity contribution in [1.29, 1.82) is 0 Å². The monoisotopic (exact) mass is 131 g/mol. The van der Waals surface area contributed by atoms with E-state index in [-0.39, 0.29) is 7.33 Å². The van der Waals surface area contributed by atoms with Crippen molar-refractivity contribution < 1.29 is 6.22 Å². The zero-order chi connectivity index (χ0) is 7.28. The molecule has 2 heteroatoms. The Kier molecular flexibility index (Phi) is 4.10. The van der Waals surface area contributed by atoms with E-state index < -0.39 is 0 Å². The summed E-state index contributed by atoms with van der Waals surface area (Å²) in [5.41, 5.74) is 0. The van der Waals surface area contributed by atoms with Crippen LogP contribution < -0.4 is 5.32 Å². The number of amides is 1. The summed E-state index contributed by atoms with van der Waals surface area (Å²) in [6, 6.07) is 0. The van der Waals surface area contributed by atoms with Crippen LogP contribution in [-0.2, 0) is 4.79 Å². The van der Waals surface area contributed by atoms with E-state index in [1.807, 2.05) is 0 Å². The first kappa shape index (κ1) is 8.47. The van der Waals surface area contributed by atoms with Crippen LogP contribution in [0.4, 0.5) is 0 Å². The van der Waals surface area contributed by atoms with Crippen LogP contribution in [0.2, 0.25) is 0 Å². The summed E-state index contributed by atoms with van der Waals surface area (Å²) < 4.78 is 0. The molecular weight excluding hydrogens is 114 g/mol. The molecule has 0 fully saturated rings. The highest BCUT2D eigenvalue weighted by Crippen LogP contribution is 1.95. The first-order chi connectivity index (χ1) is 4.13. The third-order valence-electron chi connectivity index (χ3n) is 1.10. The fourth-order valence-electron chi connectivity index (χ4n) is 0.537. The molecule has 0 aromatic carbocycles. The fourth-order valence-corrected chi connectivity index (χ4v) is 0.537. The van der Waals surface area contributed by atoms with Gasteiger partial charge in [0.25, 0.3) is 0 Å². The predicted octanol–water partition coefficient (Wildman–Crippen LogP) is 1.41. The Balaban J connectivity index is 0. The summed E-state index contributed by atoms with van der Waals surface area (Å²) in [6.45, 7) is 6.64. The van der Waals surface area contributed by atoms with Crippen molar-refractivity contribution in [3.05, 3.63) is 0 Å². The van der Waals surface area contributed by atoms with Gasteiger partial charge in [-0.3, -0.25) is 4.79 Å². The van der Waals surface area contributed by atoms with Crippen LogP contribution in [0.5, 0.6) is 0 Å². The van der Waals surface area contributed by atoms with Crippen LogP contribution in [0.15, 0.2) is 0 Å². The molecule has 0 rings (SSSR count). The van der Waals surface area contributed by atoms with Gasteiger partial charge in [0.2, 0.25) is 5.91 Å². The van der Waals surface area contributed by atoms with E-state index in [1.165, 1.54) is 0 Å². The number of carbonyl (C=O) groups excluding carboxylic acids is 1. The number of nitrogens with one attached hydrogen (secondary N) is 1. The van der Waals surface area contributed by atoms with Gasteiger partial charge < -0.3 is 5.32 Å². The van der Waals surface area contributed by atoms with E-state index in [4.69, 9.17) is 0 Å². The zero-order valence-corrected chi connectivity index (χ0v) is 6.40. The van der Waals surface area contributed by atoms with E-state index in [0.29, 0.717) is 5.92 Å². The highest BCUT2D eigenvalue weighted by Gasteiger charge is 1.93. The minimum atomic E-state index is 0. The molecule has 0 bridgehead atoms. The van der Waals surface area contributed by atoms with Crippen molar-refractivity contribution in [3.63, 3.8) is 0 Å². The second kappa shape index (κ2) is 4.36. The highest BCUT2D eigenvalue weighted by atomic mass is 16.1. The molecule has 0 heterocycles. The highest BCUT2D eigenvalue weighted by molar-refractivity contribution is 5.72. The Labute approximate surface area is 58.1 Å². The van der Waals surface area contributed by atoms with Gasteiger partial charge >= 0.3 is 0 Å². The van der Waals surface area contributed by atoms with Crippen LogP contribution in [-0.4, -0.2) is 12.5 Å². The molecule has 0 aliphatic carbocycles. The molecule has 9 heavy (non-hydrogen) atoms. The van der Waals surface area contributed by atoms with Crippen LogP contribution in [0.3, 0.4) is 0 Å². The van der Waals surface area contributed by atoms with Gasteiger partial charge in [0, 0.05) is 14.9 Å². The van der Waals surface area contributed by atoms with Crippen molar-refractivity contribution in [2.45, 2.75) is 27.2 Å². The number of hydrogen-bond donors (Lipinski definition) is 1. The van der Waals surface area contributed by atoms with Crippen LogP contribution in [0, 0.1) is 5.92 Å². The van der Waals surface area contributed by atoms with Gasteiger partial charge in [0.05, 0.1) is 0 Å². The quantitative estimate of drug-likeness (QED) is 0.616. The minimum absolute atomic E-state index is 0. The zero-order valence-electron chi connectivity index (χ0n) is 6.40. The maximum absolute atomic E-state index is 10.3. The average molecular weight is 131 g/mol. The first-order valence-corrected chi connectivity index (χ1v) is 3.37. The molecule has 0 spiro atoms. The number of hydrogen-bond acceptors (Lipinski definition) is 1. The van der Waals surface area contributed by atoms with Gasteiger partial charge in [0.15, 0.2) is 0 Å². The molecule has 56 valence electrons. The average Bonchev–Trinajstić information content (AvgIpc) is 1.63. The molecular formula is C7H17NO. The summed E-state index contributed by atoms with van der Waals surface area (Å²) in [5.74, 6) is 0.743. The maximum atomic E-state index is 10.3. The Morgan fingerprint density at radius 2 is 2.22 bits per heavy atom. The molecule has 0 saturated heterocycles. The lowest BCUT2D eigenvalue weighted by Crippen LogP contribution is -2.21. The van der Waals surface area contributed by atoms with Gasteiger partial charge in [-0.25, -0.2) is 0 Å². The Morgan fingerprint density at radius 3 is 2.56 bits per heavy atom. The van der Waals surface area contributed by atoms with Gasteiger partial charge in [-0.2, -0.15) is 0 Å². The van der Waals surface area contributed by atoms with Crippen LogP contribution >= 0.6 is 0 Å². The summed E-state index contributed by atoms with van der Waals surface area (Å²) in [7, 11) is 0. The van der Waals surface area contributed by atoms with Gasteiger partial charge in [0.1, 0.15) is 0 Å². The predicted molar refractivity (Wildman–Crippen MR) is 40.3 cm³/mol. The van der Waals surface area contributed by atoms with Crippen molar-refractivity contribution in [2.75, 3.05) is 6.54 Å².